The molecule has 0 amide bonds. The molecular formula is C15H26N2+2. The zero-order valence-electron chi connectivity index (χ0n) is 11.4. The van der Waals surface area contributed by atoms with Crippen molar-refractivity contribution in [1.29, 1.82) is 0 Å². The molecule has 1 aromatic rings. The summed E-state index contributed by atoms with van der Waals surface area (Å²) in [5, 5.41) is 2.43. The Balaban J connectivity index is 2.05. The van der Waals surface area contributed by atoms with Crippen LogP contribution in [0, 0.1) is 0 Å². The lowest BCUT2D eigenvalue weighted by Crippen LogP contribution is -3.20. The summed E-state index contributed by atoms with van der Waals surface area (Å²) < 4.78 is 0. The molecule has 0 spiro atoms. The molecule has 0 bridgehead atoms. The van der Waals surface area contributed by atoms with Crippen LogP contribution in [0.15, 0.2) is 24.3 Å². The van der Waals surface area contributed by atoms with Crippen LogP contribution in [0.3, 0.4) is 0 Å². The van der Waals surface area contributed by atoms with E-state index in [2.05, 4.69) is 50.4 Å². The van der Waals surface area contributed by atoms with Crippen LogP contribution >= 0.6 is 0 Å². The first-order valence-electron chi connectivity index (χ1n) is 6.94. The fraction of sp³-hybridized carbons (Fsp3) is 0.600. The van der Waals surface area contributed by atoms with E-state index in [1.54, 1.807) is 4.90 Å². The van der Waals surface area contributed by atoms with E-state index in [1.165, 1.54) is 37.3 Å². The number of nitrogens with two attached hydrogens (primary N) is 1. The van der Waals surface area contributed by atoms with Crippen LogP contribution in [-0.4, -0.2) is 26.2 Å². The lowest BCUT2D eigenvalue weighted by Gasteiger charge is -2.28. The Bertz CT molecular complexity index is 336. The van der Waals surface area contributed by atoms with Gasteiger partial charge in [-0.05, 0) is 18.4 Å². The highest BCUT2D eigenvalue weighted by atomic mass is 15.2. The van der Waals surface area contributed by atoms with Crippen LogP contribution in [0.25, 0.3) is 0 Å². The van der Waals surface area contributed by atoms with Gasteiger partial charge in [0.25, 0.3) is 0 Å². The molecule has 3 N–H and O–H groups in total. The largest absolute Gasteiger partial charge is 0.337 e. The first-order valence-corrected chi connectivity index (χ1v) is 6.94. The second-order valence-corrected chi connectivity index (χ2v) is 5.57. The molecule has 2 nitrogen and oxygen atoms in total. The van der Waals surface area contributed by atoms with Gasteiger partial charge in [-0.1, -0.05) is 38.1 Å². The minimum atomic E-state index is 0.635. The molecule has 0 aliphatic carbocycles. The van der Waals surface area contributed by atoms with E-state index in [9.17, 15) is 0 Å². The van der Waals surface area contributed by atoms with Crippen LogP contribution in [0.4, 0.5) is 0 Å². The summed E-state index contributed by atoms with van der Waals surface area (Å²) in [6.45, 7) is 12.0. The summed E-state index contributed by atoms with van der Waals surface area (Å²) in [6, 6.07) is 9.89. The lowest BCUT2D eigenvalue weighted by atomic mass is 9.99. The maximum Gasteiger partial charge on any atom is 0.127 e. The van der Waals surface area contributed by atoms with E-state index in [0.29, 0.717) is 12.0 Å². The third-order valence-electron chi connectivity index (χ3n) is 4.05. The van der Waals surface area contributed by atoms with E-state index < -0.39 is 0 Å². The minimum Gasteiger partial charge on any atom is -0.337 e. The van der Waals surface area contributed by atoms with Crippen molar-refractivity contribution < 1.29 is 10.2 Å². The van der Waals surface area contributed by atoms with Gasteiger partial charge in [0.2, 0.25) is 0 Å². The molecule has 1 saturated heterocycles. The van der Waals surface area contributed by atoms with E-state index in [1.807, 2.05) is 0 Å². The quantitative estimate of drug-likeness (QED) is 0.752. The van der Waals surface area contributed by atoms with Crippen molar-refractivity contribution in [1.82, 2.24) is 0 Å². The van der Waals surface area contributed by atoms with Crippen LogP contribution in [0.2, 0.25) is 0 Å². The molecular weight excluding hydrogens is 208 g/mol. The Kier molecular flexibility index (Phi) is 4.19. The summed E-state index contributed by atoms with van der Waals surface area (Å²) in [6.07, 6.45) is 0. The number of piperazine rings is 1. The number of hydrogen-bond acceptors (Lipinski definition) is 0. The SMILES string of the molecule is CC(C)c1ccc([C@@H](C)[NH+]2CC[NH2+]CC2)cc1. The topological polar surface area (TPSA) is 21.1 Å². The Morgan fingerprint density at radius 1 is 0.941 bits per heavy atom. The fourth-order valence-electron chi connectivity index (χ4n) is 2.68. The standard InChI is InChI=1S/C15H24N2/c1-12(2)14-4-6-15(7-5-14)13(3)17-10-8-16-9-11-17/h4-7,12-13,16H,8-11H2,1-3H3/p+2/t13-/m1/s1. The monoisotopic (exact) mass is 234 g/mol. The number of quaternary nitrogens is 2. The van der Waals surface area contributed by atoms with Crippen LogP contribution in [-0.2, 0) is 0 Å². The van der Waals surface area contributed by atoms with Crippen molar-refractivity contribution in [3.63, 3.8) is 0 Å². The molecule has 0 unspecified atom stereocenters. The van der Waals surface area contributed by atoms with Gasteiger partial charge in [0.15, 0.2) is 0 Å². The third kappa shape index (κ3) is 3.08. The van der Waals surface area contributed by atoms with Gasteiger partial charge in [0, 0.05) is 5.56 Å². The van der Waals surface area contributed by atoms with Crippen molar-refractivity contribution >= 4 is 0 Å². The Hall–Kier alpha value is -0.860. The predicted octanol–water partition coefficient (Wildman–Crippen LogP) is 0.333. The van der Waals surface area contributed by atoms with Crippen LogP contribution < -0.4 is 10.2 Å². The average molecular weight is 234 g/mol. The average Bonchev–Trinajstić information content (AvgIpc) is 2.39. The lowest BCUT2D eigenvalue weighted by molar-refractivity contribution is -0.970. The van der Waals surface area contributed by atoms with Crippen molar-refractivity contribution in [2.45, 2.75) is 32.7 Å². The maximum atomic E-state index is 2.43. The zero-order valence-corrected chi connectivity index (χ0v) is 11.4. The van der Waals surface area contributed by atoms with Crippen molar-refractivity contribution in [3.8, 4) is 0 Å². The van der Waals surface area contributed by atoms with E-state index >= 15 is 0 Å². The second kappa shape index (κ2) is 5.65. The first-order chi connectivity index (χ1) is 8.18. The normalized spacial score (nSPS) is 19.5. The van der Waals surface area contributed by atoms with Crippen LogP contribution in [0.1, 0.15) is 43.9 Å². The predicted molar refractivity (Wildman–Crippen MR) is 71.3 cm³/mol. The molecule has 1 aliphatic heterocycles. The molecule has 17 heavy (non-hydrogen) atoms. The molecule has 1 fully saturated rings. The molecule has 2 rings (SSSR count). The fourth-order valence-corrected chi connectivity index (χ4v) is 2.68. The summed E-state index contributed by atoms with van der Waals surface area (Å²) >= 11 is 0. The smallest absolute Gasteiger partial charge is 0.127 e. The summed E-state index contributed by atoms with van der Waals surface area (Å²) in [4.78, 5) is 1.74. The maximum absolute atomic E-state index is 2.43. The summed E-state index contributed by atoms with van der Waals surface area (Å²) in [5.74, 6) is 0.635. The highest BCUT2D eigenvalue weighted by Gasteiger charge is 2.23. The first kappa shape index (κ1) is 12.6. The van der Waals surface area contributed by atoms with Gasteiger partial charge in [-0.25, -0.2) is 0 Å². The molecule has 2 heteroatoms. The van der Waals surface area contributed by atoms with Gasteiger partial charge in [0.05, 0.1) is 0 Å². The molecule has 1 aromatic carbocycles. The van der Waals surface area contributed by atoms with Gasteiger partial charge < -0.3 is 10.2 Å². The van der Waals surface area contributed by atoms with Crippen molar-refractivity contribution in [3.05, 3.63) is 35.4 Å². The zero-order chi connectivity index (χ0) is 12.3. The summed E-state index contributed by atoms with van der Waals surface area (Å²) in [7, 11) is 0. The van der Waals surface area contributed by atoms with Gasteiger partial charge >= 0.3 is 0 Å². The second-order valence-electron chi connectivity index (χ2n) is 5.57. The highest BCUT2D eigenvalue weighted by Crippen LogP contribution is 2.17. The highest BCUT2D eigenvalue weighted by molar-refractivity contribution is 5.25. The Morgan fingerprint density at radius 2 is 1.47 bits per heavy atom. The van der Waals surface area contributed by atoms with Gasteiger partial charge in [0.1, 0.15) is 32.2 Å². The summed E-state index contributed by atoms with van der Waals surface area (Å²) in [5.41, 5.74) is 2.94. The number of hydrogen-bond donors (Lipinski definition) is 2. The molecule has 0 radical (unpaired) electrons. The van der Waals surface area contributed by atoms with E-state index in [0.717, 1.165) is 0 Å². The Morgan fingerprint density at radius 3 is 2.00 bits per heavy atom. The Labute approximate surface area is 105 Å². The molecule has 0 saturated carbocycles. The number of rotatable bonds is 3. The van der Waals surface area contributed by atoms with Gasteiger partial charge in [-0.3, -0.25) is 0 Å². The molecule has 1 aliphatic rings. The number of benzene rings is 1. The molecule has 1 atom stereocenters. The van der Waals surface area contributed by atoms with Crippen molar-refractivity contribution in [2.24, 2.45) is 0 Å². The number of nitrogens with one attached hydrogen (secondary N) is 1. The molecule has 0 aromatic heterocycles. The van der Waals surface area contributed by atoms with E-state index in [4.69, 9.17) is 0 Å². The minimum absolute atomic E-state index is 0.635. The van der Waals surface area contributed by atoms with E-state index in [-0.39, 0.29) is 0 Å². The van der Waals surface area contributed by atoms with Gasteiger partial charge in [-0.15, -0.1) is 0 Å². The van der Waals surface area contributed by atoms with Crippen molar-refractivity contribution in [2.75, 3.05) is 26.2 Å². The third-order valence-corrected chi connectivity index (χ3v) is 4.05. The van der Waals surface area contributed by atoms with Crippen LogP contribution in [0.5, 0.6) is 0 Å². The molecule has 94 valence electrons. The molecule has 1 heterocycles. The van der Waals surface area contributed by atoms with Gasteiger partial charge in [-0.2, -0.15) is 0 Å².